The Morgan fingerprint density at radius 3 is 2.59 bits per heavy atom. The van der Waals surface area contributed by atoms with Crippen molar-refractivity contribution in [3.8, 4) is 11.1 Å². The minimum Gasteiger partial charge on any atom is -0.347 e. The molecule has 4 aromatic rings. The van der Waals surface area contributed by atoms with E-state index < -0.39 is 0 Å². The number of pyridine rings is 1. The molecular formula is C22H20N4S. The second-order valence-corrected chi connectivity index (χ2v) is 7.83. The van der Waals surface area contributed by atoms with Crippen molar-refractivity contribution in [1.82, 2.24) is 15.0 Å². The van der Waals surface area contributed by atoms with E-state index in [0.29, 0.717) is 6.04 Å². The third-order valence-corrected chi connectivity index (χ3v) is 5.80. The number of hydrogen-bond donors (Lipinski definition) is 0. The van der Waals surface area contributed by atoms with Gasteiger partial charge in [0.1, 0.15) is 16.5 Å². The van der Waals surface area contributed by atoms with Gasteiger partial charge >= 0.3 is 0 Å². The summed E-state index contributed by atoms with van der Waals surface area (Å²) in [6.45, 7) is 2.76. The molecule has 3 heterocycles. The lowest BCUT2D eigenvalue weighted by Crippen LogP contribution is -2.27. The first-order valence-electron chi connectivity index (χ1n) is 9.27. The summed E-state index contributed by atoms with van der Waals surface area (Å²) in [4.78, 5) is 17.7. The molecule has 1 aliphatic rings. The smallest absolute Gasteiger partial charge is 0.142 e. The fourth-order valence-corrected chi connectivity index (χ4v) is 4.48. The van der Waals surface area contributed by atoms with Crippen LogP contribution >= 0.6 is 11.3 Å². The minimum atomic E-state index is 0.535. The van der Waals surface area contributed by atoms with Crippen LogP contribution in [0.25, 0.3) is 21.3 Å². The fourth-order valence-electron chi connectivity index (χ4n) is 3.49. The predicted octanol–water partition coefficient (Wildman–Crippen LogP) is 5.23. The number of aryl methyl sites for hydroxylation is 1. The van der Waals surface area contributed by atoms with Crippen LogP contribution in [0.3, 0.4) is 0 Å². The first kappa shape index (κ1) is 16.4. The zero-order chi connectivity index (χ0) is 18.2. The van der Waals surface area contributed by atoms with Gasteiger partial charge in [-0.2, -0.15) is 0 Å². The van der Waals surface area contributed by atoms with Crippen LogP contribution < -0.4 is 4.90 Å². The molecule has 0 atom stereocenters. The van der Waals surface area contributed by atoms with Crippen molar-refractivity contribution in [2.45, 2.75) is 32.4 Å². The zero-order valence-electron chi connectivity index (χ0n) is 15.2. The quantitative estimate of drug-likeness (QED) is 0.481. The monoisotopic (exact) mass is 372 g/mol. The first-order valence-corrected chi connectivity index (χ1v) is 10.2. The number of rotatable bonds is 5. The van der Waals surface area contributed by atoms with Gasteiger partial charge < -0.3 is 4.90 Å². The Morgan fingerprint density at radius 1 is 1.04 bits per heavy atom. The Morgan fingerprint density at radius 2 is 1.85 bits per heavy atom. The number of anilines is 1. The molecule has 0 amide bonds. The van der Waals surface area contributed by atoms with E-state index in [1.54, 1.807) is 11.3 Å². The maximum Gasteiger partial charge on any atom is 0.142 e. The van der Waals surface area contributed by atoms with Crippen molar-refractivity contribution in [1.29, 1.82) is 0 Å². The molecule has 0 radical (unpaired) electrons. The van der Waals surface area contributed by atoms with Gasteiger partial charge in [0.05, 0.1) is 17.6 Å². The molecule has 0 aliphatic heterocycles. The van der Waals surface area contributed by atoms with Crippen molar-refractivity contribution >= 4 is 27.4 Å². The SMILES string of the molecule is Cc1nc(N(Cc2ccccn2)C2CC2)c2c(-c3ccccc3)csc2n1. The van der Waals surface area contributed by atoms with E-state index in [9.17, 15) is 0 Å². The predicted molar refractivity (Wildman–Crippen MR) is 111 cm³/mol. The molecule has 0 saturated heterocycles. The third-order valence-electron chi connectivity index (χ3n) is 4.93. The van der Waals surface area contributed by atoms with E-state index in [0.717, 1.165) is 28.7 Å². The van der Waals surface area contributed by atoms with Crippen molar-refractivity contribution in [2.75, 3.05) is 4.90 Å². The maximum absolute atomic E-state index is 4.91. The van der Waals surface area contributed by atoms with Crippen LogP contribution in [0, 0.1) is 6.92 Å². The summed E-state index contributed by atoms with van der Waals surface area (Å²) in [5, 5.41) is 3.38. The van der Waals surface area contributed by atoms with Crippen LogP contribution in [-0.2, 0) is 6.54 Å². The van der Waals surface area contributed by atoms with E-state index in [-0.39, 0.29) is 0 Å². The van der Waals surface area contributed by atoms with Gasteiger partial charge in [-0.15, -0.1) is 11.3 Å². The van der Waals surface area contributed by atoms with Crippen LogP contribution in [0.5, 0.6) is 0 Å². The van der Waals surface area contributed by atoms with E-state index in [1.165, 1.54) is 29.4 Å². The summed E-state index contributed by atoms with van der Waals surface area (Å²) in [5.41, 5.74) is 3.51. The second kappa shape index (κ2) is 6.74. The van der Waals surface area contributed by atoms with Gasteiger partial charge in [-0.25, -0.2) is 9.97 Å². The Balaban J connectivity index is 1.67. The number of fused-ring (bicyclic) bond motifs is 1. The average molecular weight is 372 g/mol. The van der Waals surface area contributed by atoms with E-state index in [1.807, 2.05) is 25.3 Å². The summed E-state index contributed by atoms with van der Waals surface area (Å²) in [6, 6.07) is 17.2. The Bertz CT molecular complexity index is 1070. The lowest BCUT2D eigenvalue weighted by Gasteiger charge is -2.24. The van der Waals surface area contributed by atoms with Crippen LogP contribution in [0.15, 0.2) is 60.1 Å². The van der Waals surface area contributed by atoms with Crippen molar-refractivity contribution in [3.63, 3.8) is 0 Å². The van der Waals surface area contributed by atoms with Crippen LogP contribution in [0.4, 0.5) is 5.82 Å². The molecule has 1 fully saturated rings. The molecule has 0 bridgehead atoms. The van der Waals surface area contributed by atoms with Gasteiger partial charge in [0.2, 0.25) is 0 Å². The number of thiophene rings is 1. The van der Waals surface area contributed by atoms with Crippen molar-refractivity contribution in [3.05, 3.63) is 71.6 Å². The number of hydrogen-bond acceptors (Lipinski definition) is 5. The highest BCUT2D eigenvalue weighted by Gasteiger charge is 2.32. The van der Waals surface area contributed by atoms with Gasteiger partial charge in [0.15, 0.2) is 0 Å². The highest BCUT2D eigenvalue weighted by atomic mass is 32.1. The molecule has 0 unspecified atom stereocenters. The van der Waals surface area contributed by atoms with Gasteiger partial charge in [0, 0.05) is 23.2 Å². The third kappa shape index (κ3) is 3.19. The molecule has 3 aromatic heterocycles. The Kier molecular flexibility index (Phi) is 4.09. The van der Waals surface area contributed by atoms with Gasteiger partial charge in [-0.3, -0.25) is 4.98 Å². The van der Waals surface area contributed by atoms with E-state index >= 15 is 0 Å². The van der Waals surface area contributed by atoms with E-state index in [4.69, 9.17) is 9.97 Å². The van der Waals surface area contributed by atoms with Crippen LogP contribution in [-0.4, -0.2) is 21.0 Å². The average Bonchev–Trinajstić information content (AvgIpc) is 3.46. The molecule has 1 aliphatic carbocycles. The number of nitrogens with zero attached hydrogens (tertiary/aromatic N) is 4. The summed E-state index contributed by atoms with van der Waals surface area (Å²) in [6.07, 6.45) is 4.28. The summed E-state index contributed by atoms with van der Waals surface area (Å²) in [5.74, 6) is 1.87. The van der Waals surface area contributed by atoms with Crippen LogP contribution in [0.1, 0.15) is 24.4 Å². The topological polar surface area (TPSA) is 41.9 Å². The van der Waals surface area contributed by atoms with Crippen LogP contribution in [0.2, 0.25) is 0 Å². The molecule has 0 spiro atoms. The molecule has 1 saturated carbocycles. The molecular weight excluding hydrogens is 352 g/mol. The fraction of sp³-hybridized carbons (Fsp3) is 0.227. The maximum atomic E-state index is 4.91. The Labute approximate surface area is 162 Å². The van der Waals surface area contributed by atoms with E-state index in [2.05, 4.69) is 51.7 Å². The lowest BCUT2D eigenvalue weighted by molar-refractivity contribution is 0.761. The summed E-state index contributed by atoms with van der Waals surface area (Å²) < 4.78 is 0. The molecule has 5 rings (SSSR count). The minimum absolute atomic E-state index is 0.535. The largest absolute Gasteiger partial charge is 0.347 e. The van der Waals surface area contributed by atoms with Gasteiger partial charge in [-0.05, 0) is 37.5 Å². The summed E-state index contributed by atoms with van der Waals surface area (Å²) >= 11 is 1.70. The van der Waals surface area contributed by atoms with Crippen molar-refractivity contribution in [2.24, 2.45) is 0 Å². The molecule has 5 heteroatoms. The second-order valence-electron chi connectivity index (χ2n) is 6.97. The normalized spacial score (nSPS) is 13.8. The molecule has 27 heavy (non-hydrogen) atoms. The number of benzene rings is 1. The molecule has 0 N–H and O–H groups in total. The zero-order valence-corrected chi connectivity index (χ0v) is 16.0. The lowest BCUT2D eigenvalue weighted by atomic mass is 10.1. The molecule has 134 valence electrons. The Hall–Kier alpha value is -2.79. The van der Waals surface area contributed by atoms with Gasteiger partial charge in [0.25, 0.3) is 0 Å². The molecule has 4 nitrogen and oxygen atoms in total. The van der Waals surface area contributed by atoms with Gasteiger partial charge in [-0.1, -0.05) is 36.4 Å². The highest BCUT2D eigenvalue weighted by Crippen LogP contribution is 2.41. The first-order chi connectivity index (χ1) is 13.3. The summed E-state index contributed by atoms with van der Waals surface area (Å²) in [7, 11) is 0. The number of aromatic nitrogens is 3. The molecule has 1 aromatic carbocycles. The standard InChI is InChI=1S/C22H20N4S/c1-15-24-21(26(18-10-11-18)13-17-9-5-6-12-23-17)20-19(14-27-22(20)25-15)16-7-3-2-4-8-16/h2-9,12,14,18H,10-11,13H2,1H3. The van der Waals surface area contributed by atoms with Crippen molar-refractivity contribution < 1.29 is 0 Å². The highest BCUT2D eigenvalue weighted by molar-refractivity contribution is 7.17.